The molecule has 0 spiro atoms. The summed E-state index contributed by atoms with van der Waals surface area (Å²) in [5.74, 6) is -0.810. The largest absolute Gasteiger partial charge is 0.340 e. The molecule has 0 saturated heterocycles. The van der Waals surface area contributed by atoms with Crippen LogP contribution in [0.4, 0.5) is 5.69 Å². The van der Waals surface area contributed by atoms with E-state index in [1.54, 1.807) is 6.92 Å². The first-order valence-corrected chi connectivity index (χ1v) is 6.32. The molecule has 20 heavy (non-hydrogen) atoms. The minimum absolute atomic E-state index is 0.0544. The van der Waals surface area contributed by atoms with E-state index < -0.39 is 16.5 Å². The van der Waals surface area contributed by atoms with Crippen LogP contribution in [0.15, 0.2) is 12.1 Å². The van der Waals surface area contributed by atoms with Crippen LogP contribution in [0.3, 0.4) is 0 Å². The van der Waals surface area contributed by atoms with Crippen molar-refractivity contribution < 1.29 is 9.72 Å². The standard InChI is InChI=1S/C12H11Cl2N3O3/c1-7(5-15)6-16(2)12(18)8-3-9(13)11(14)10(4-8)17(19)20/h3-4,7H,6H2,1-2H3. The van der Waals surface area contributed by atoms with E-state index in [-0.39, 0.29) is 28.1 Å². The first-order chi connectivity index (χ1) is 9.27. The van der Waals surface area contributed by atoms with Crippen LogP contribution in [0.5, 0.6) is 0 Å². The van der Waals surface area contributed by atoms with Crippen molar-refractivity contribution in [3.8, 4) is 6.07 Å². The van der Waals surface area contributed by atoms with Gasteiger partial charge in [0, 0.05) is 25.2 Å². The Morgan fingerprint density at radius 2 is 2.15 bits per heavy atom. The molecule has 1 unspecified atom stereocenters. The van der Waals surface area contributed by atoms with Crippen LogP contribution in [0, 0.1) is 27.4 Å². The molecular formula is C12H11Cl2N3O3. The monoisotopic (exact) mass is 315 g/mol. The number of carbonyl (C=O) groups excluding carboxylic acids is 1. The Labute approximate surface area is 125 Å². The highest BCUT2D eigenvalue weighted by Gasteiger charge is 2.22. The molecule has 0 aliphatic carbocycles. The van der Waals surface area contributed by atoms with Gasteiger partial charge in [-0.25, -0.2) is 0 Å². The van der Waals surface area contributed by atoms with Crippen molar-refractivity contribution in [3.63, 3.8) is 0 Å². The van der Waals surface area contributed by atoms with E-state index in [4.69, 9.17) is 28.5 Å². The first kappa shape index (κ1) is 16.2. The summed E-state index contributed by atoms with van der Waals surface area (Å²) >= 11 is 11.5. The molecule has 1 aromatic carbocycles. The number of amides is 1. The van der Waals surface area contributed by atoms with Gasteiger partial charge in [-0.15, -0.1) is 0 Å². The molecule has 1 amide bonds. The number of halogens is 2. The van der Waals surface area contributed by atoms with Crippen LogP contribution >= 0.6 is 23.2 Å². The Morgan fingerprint density at radius 1 is 1.55 bits per heavy atom. The minimum Gasteiger partial charge on any atom is -0.340 e. The molecule has 0 aliphatic heterocycles. The normalized spacial score (nSPS) is 11.6. The number of rotatable bonds is 4. The maximum absolute atomic E-state index is 12.1. The third kappa shape index (κ3) is 3.59. The van der Waals surface area contributed by atoms with E-state index in [2.05, 4.69) is 0 Å². The number of benzene rings is 1. The molecule has 6 nitrogen and oxygen atoms in total. The van der Waals surface area contributed by atoms with Crippen molar-refractivity contribution in [2.75, 3.05) is 13.6 Å². The topological polar surface area (TPSA) is 87.2 Å². The predicted octanol–water partition coefficient (Wildman–Crippen LogP) is 3.13. The molecule has 1 rings (SSSR count). The van der Waals surface area contributed by atoms with Crippen molar-refractivity contribution in [2.24, 2.45) is 5.92 Å². The second-order valence-electron chi connectivity index (χ2n) is 4.26. The van der Waals surface area contributed by atoms with E-state index >= 15 is 0 Å². The molecule has 0 bridgehead atoms. The van der Waals surface area contributed by atoms with Gasteiger partial charge in [0.05, 0.1) is 21.9 Å². The van der Waals surface area contributed by atoms with Crippen LogP contribution in [-0.2, 0) is 0 Å². The highest BCUT2D eigenvalue weighted by atomic mass is 35.5. The lowest BCUT2D eigenvalue weighted by molar-refractivity contribution is -0.384. The fourth-order valence-electron chi connectivity index (χ4n) is 1.59. The SMILES string of the molecule is CC(C#N)CN(C)C(=O)c1cc(Cl)c(Cl)c([N+](=O)[O-])c1. The number of hydrogen-bond acceptors (Lipinski definition) is 4. The van der Waals surface area contributed by atoms with Gasteiger partial charge < -0.3 is 4.90 Å². The van der Waals surface area contributed by atoms with Gasteiger partial charge in [-0.2, -0.15) is 5.26 Å². The fourth-order valence-corrected chi connectivity index (χ4v) is 1.98. The zero-order chi connectivity index (χ0) is 15.4. The van der Waals surface area contributed by atoms with Crippen molar-refractivity contribution in [3.05, 3.63) is 37.9 Å². The Bertz CT molecular complexity index is 598. The van der Waals surface area contributed by atoms with Gasteiger partial charge in [0.2, 0.25) is 0 Å². The lowest BCUT2D eigenvalue weighted by Crippen LogP contribution is -2.30. The third-order valence-electron chi connectivity index (χ3n) is 2.57. The average Bonchev–Trinajstić information content (AvgIpc) is 2.40. The summed E-state index contributed by atoms with van der Waals surface area (Å²) < 4.78 is 0. The van der Waals surface area contributed by atoms with Crippen LogP contribution in [-0.4, -0.2) is 29.3 Å². The summed E-state index contributed by atoms with van der Waals surface area (Å²) in [5, 5.41) is 19.3. The maximum atomic E-state index is 12.1. The molecule has 0 aromatic heterocycles. The van der Waals surface area contributed by atoms with E-state index in [1.165, 1.54) is 18.0 Å². The second-order valence-corrected chi connectivity index (χ2v) is 5.05. The molecule has 8 heteroatoms. The fraction of sp³-hybridized carbons (Fsp3) is 0.333. The van der Waals surface area contributed by atoms with Gasteiger partial charge in [0.1, 0.15) is 5.02 Å². The maximum Gasteiger partial charge on any atom is 0.290 e. The summed E-state index contributed by atoms with van der Waals surface area (Å²) in [4.78, 5) is 23.6. The average molecular weight is 316 g/mol. The molecule has 1 aromatic rings. The zero-order valence-corrected chi connectivity index (χ0v) is 12.3. The van der Waals surface area contributed by atoms with Crippen LogP contribution < -0.4 is 0 Å². The Balaban J connectivity index is 3.11. The number of nitrogens with zero attached hydrogens (tertiary/aromatic N) is 3. The number of nitro benzene ring substituents is 1. The van der Waals surface area contributed by atoms with Crippen LogP contribution in [0.1, 0.15) is 17.3 Å². The number of carbonyl (C=O) groups is 1. The highest BCUT2D eigenvalue weighted by molar-refractivity contribution is 6.43. The van der Waals surface area contributed by atoms with Crippen molar-refractivity contribution in [2.45, 2.75) is 6.92 Å². The lowest BCUT2D eigenvalue weighted by Gasteiger charge is -2.18. The number of hydrogen-bond donors (Lipinski definition) is 0. The molecule has 0 N–H and O–H groups in total. The molecule has 0 aliphatic rings. The predicted molar refractivity (Wildman–Crippen MR) is 74.9 cm³/mol. The number of nitriles is 1. The van der Waals surface area contributed by atoms with Crippen molar-refractivity contribution in [1.29, 1.82) is 5.26 Å². The lowest BCUT2D eigenvalue weighted by atomic mass is 10.1. The van der Waals surface area contributed by atoms with Gasteiger partial charge in [-0.05, 0) is 13.0 Å². The van der Waals surface area contributed by atoms with Crippen LogP contribution in [0.25, 0.3) is 0 Å². The first-order valence-electron chi connectivity index (χ1n) is 5.56. The third-order valence-corrected chi connectivity index (χ3v) is 3.36. The van der Waals surface area contributed by atoms with Gasteiger partial charge >= 0.3 is 0 Å². The zero-order valence-electron chi connectivity index (χ0n) is 10.8. The van der Waals surface area contributed by atoms with E-state index in [0.29, 0.717) is 0 Å². The Kier molecular flexibility index (Phi) is 5.31. The summed E-state index contributed by atoms with van der Waals surface area (Å²) in [7, 11) is 1.50. The molecule has 0 radical (unpaired) electrons. The minimum atomic E-state index is -0.705. The van der Waals surface area contributed by atoms with E-state index in [9.17, 15) is 14.9 Å². The van der Waals surface area contributed by atoms with Crippen molar-refractivity contribution >= 4 is 34.8 Å². The van der Waals surface area contributed by atoms with Gasteiger partial charge in [0.15, 0.2) is 0 Å². The van der Waals surface area contributed by atoms with E-state index in [1.807, 2.05) is 6.07 Å². The molecule has 0 saturated carbocycles. The molecule has 0 fully saturated rings. The van der Waals surface area contributed by atoms with Gasteiger partial charge in [-0.1, -0.05) is 23.2 Å². The second kappa shape index (κ2) is 6.55. The van der Waals surface area contributed by atoms with Gasteiger partial charge in [-0.3, -0.25) is 14.9 Å². The molecule has 0 heterocycles. The smallest absolute Gasteiger partial charge is 0.290 e. The quantitative estimate of drug-likeness (QED) is 0.630. The number of nitro groups is 1. The highest BCUT2D eigenvalue weighted by Crippen LogP contribution is 2.33. The Hall–Kier alpha value is -1.84. The van der Waals surface area contributed by atoms with Crippen molar-refractivity contribution in [1.82, 2.24) is 4.90 Å². The summed E-state index contributed by atoms with van der Waals surface area (Å²) in [6.07, 6.45) is 0. The van der Waals surface area contributed by atoms with Gasteiger partial charge in [0.25, 0.3) is 11.6 Å². The summed E-state index contributed by atoms with van der Waals surface area (Å²) in [6, 6.07) is 4.35. The Morgan fingerprint density at radius 3 is 2.65 bits per heavy atom. The van der Waals surface area contributed by atoms with E-state index in [0.717, 1.165) is 6.07 Å². The summed E-state index contributed by atoms with van der Waals surface area (Å²) in [6.45, 7) is 1.88. The molecule has 1 atom stereocenters. The molecular weight excluding hydrogens is 305 g/mol. The molecule has 106 valence electrons. The summed E-state index contributed by atoms with van der Waals surface area (Å²) in [5.41, 5.74) is -0.372. The van der Waals surface area contributed by atoms with Crippen LogP contribution in [0.2, 0.25) is 10.0 Å².